The van der Waals surface area contributed by atoms with Crippen molar-refractivity contribution in [3.63, 3.8) is 0 Å². The molecule has 2 heterocycles. The smallest absolute Gasteiger partial charge is 0.230 e. The Balaban J connectivity index is 1.39. The molecule has 0 aromatic carbocycles. The number of amides is 2. The second-order valence-corrected chi connectivity index (χ2v) is 8.21. The molecule has 1 aromatic rings. The summed E-state index contributed by atoms with van der Waals surface area (Å²) >= 11 is 0. The number of likely N-dealkylation sites (tertiary alicyclic amines) is 1. The molecular weight excluding hydrogens is 328 g/mol. The van der Waals surface area contributed by atoms with Crippen LogP contribution in [0.4, 0.5) is 5.82 Å². The van der Waals surface area contributed by atoms with Gasteiger partial charge in [0.1, 0.15) is 5.82 Å². The zero-order chi connectivity index (χ0) is 18.3. The number of hydrogen-bond acceptors (Lipinski definition) is 4. The lowest BCUT2D eigenvalue weighted by atomic mass is 9.83. The Morgan fingerprint density at radius 3 is 2.77 bits per heavy atom. The zero-order valence-corrected chi connectivity index (χ0v) is 15.4. The standard InChI is InChI=1S/C20H28N4O2/c1-12-4-2-6-16(22-12)23-19(25)15-5-3-9-24(11-15)20(26)17-13-7-8-14(10-13)18(17)21/h2,4,6,13-15,17-18H,3,5,7-11,21H2,1H3,(H,22,23,25). The number of carbonyl (C=O) groups excluding carboxylic acids is 2. The molecule has 3 fully saturated rings. The van der Waals surface area contributed by atoms with Gasteiger partial charge >= 0.3 is 0 Å². The van der Waals surface area contributed by atoms with Crippen molar-refractivity contribution >= 4 is 17.6 Å². The second-order valence-electron chi connectivity index (χ2n) is 8.21. The summed E-state index contributed by atoms with van der Waals surface area (Å²) < 4.78 is 0. The number of nitrogens with one attached hydrogen (secondary N) is 1. The molecule has 0 spiro atoms. The summed E-state index contributed by atoms with van der Waals surface area (Å²) in [6.07, 6.45) is 5.08. The second kappa shape index (κ2) is 6.99. The maximum absolute atomic E-state index is 13.1. The number of pyridine rings is 1. The van der Waals surface area contributed by atoms with Crippen LogP contribution in [-0.4, -0.2) is 40.8 Å². The van der Waals surface area contributed by atoms with E-state index in [9.17, 15) is 9.59 Å². The first-order chi connectivity index (χ1) is 12.5. The van der Waals surface area contributed by atoms with Crippen molar-refractivity contribution < 1.29 is 9.59 Å². The summed E-state index contributed by atoms with van der Waals surface area (Å²) in [5.74, 6) is 1.47. The van der Waals surface area contributed by atoms with Crippen molar-refractivity contribution in [1.29, 1.82) is 0 Å². The van der Waals surface area contributed by atoms with E-state index in [0.29, 0.717) is 24.2 Å². The predicted octanol–water partition coefficient (Wildman–Crippen LogP) is 1.94. The van der Waals surface area contributed by atoms with Gasteiger partial charge in [0.15, 0.2) is 0 Å². The van der Waals surface area contributed by atoms with E-state index >= 15 is 0 Å². The van der Waals surface area contributed by atoms with Gasteiger partial charge in [0.25, 0.3) is 0 Å². The Bertz CT molecular complexity index is 705. The molecule has 2 saturated carbocycles. The maximum atomic E-state index is 13.1. The van der Waals surface area contributed by atoms with Gasteiger partial charge in [0.05, 0.1) is 11.8 Å². The first-order valence-electron chi connectivity index (χ1n) is 9.82. The quantitative estimate of drug-likeness (QED) is 0.866. The molecule has 2 aliphatic carbocycles. The fraction of sp³-hybridized carbons (Fsp3) is 0.650. The molecule has 6 heteroatoms. The monoisotopic (exact) mass is 356 g/mol. The van der Waals surface area contributed by atoms with Gasteiger partial charge in [-0.2, -0.15) is 0 Å². The molecule has 2 amide bonds. The van der Waals surface area contributed by atoms with E-state index in [1.807, 2.05) is 24.0 Å². The van der Waals surface area contributed by atoms with Gasteiger partial charge in [-0.25, -0.2) is 4.98 Å². The Labute approximate surface area is 154 Å². The molecule has 5 atom stereocenters. The fourth-order valence-electron chi connectivity index (χ4n) is 5.15. The Morgan fingerprint density at radius 2 is 2.04 bits per heavy atom. The lowest BCUT2D eigenvalue weighted by molar-refractivity contribution is -0.140. The SMILES string of the molecule is Cc1cccc(NC(=O)C2CCCN(C(=O)C3C4CCC(C4)C3N)C2)n1. The number of piperidine rings is 1. The molecule has 6 nitrogen and oxygen atoms in total. The molecule has 1 aliphatic heterocycles. The van der Waals surface area contributed by atoms with Crippen LogP contribution in [0.15, 0.2) is 18.2 Å². The minimum atomic E-state index is -0.176. The van der Waals surface area contributed by atoms with Crippen LogP contribution in [0.2, 0.25) is 0 Å². The average Bonchev–Trinajstić information content (AvgIpc) is 3.22. The third-order valence-corrected chi connectivity index (χ3v) is 6.51. The predicted molar refractivity (Wildman–Crippen MR) is 99.2 cm³/mol. The van der Waals surface area contributed by atoms with Gasteiger partial charge in [-0.15, -0.1) is 0 Å². The lowest BCUT2D eigenvalue weighted by Crippen LogP contribution is -2.51. The van der Waals surface area contributed by atoms with Crippen molar-refractivity contribution in [2.45, 2.75) is 45.1 Å². The van der Waals surface area contributed by atoms with E-state index in [0.717, 1.165) is 37.9 Å². The summed E-state index contributed by atoms with van der Waals surface area (Å²) in [5, 5.41) is 2.90. The lowest BCUT2D eigenvalue weighted by Gasteiger charge is -2.37. The average molecular weight is 356 g/mol. The highest BCUT2D eigenvalue weighted by Gasteiger charge is 2.50. The highest BCUT2D eigenvalue weighted by Crippen LogP contribution is 2.48. The zero-order valence-electron chi connectivity index (χ0n) is 15.4. The van der Waals surface area contributed by atoms with E-state index in [2.05, 4.69) is 10.3 Å². The number of hydrogen-bond donors (Lipinski definition) is 2. The molecule has 26 heavy (non-hydrogen) atoms. The summed E-state index contributed by atoms with van der Waals surface area (Å²) in [6.45, 7) is 3.14. The molecule has 1 saturated heterocycles. The van der Waals surface area contributed by atoms with Crippen LogP contribution in [0, 0.1) is 30.6 Å². The molecule has 0 radical (unpaired) electrons. The number of carbonyl (C=O) groups is 2. The van der Waals surface area contributed by atoms with Crippen LogP contribution >= 0.6 is 0 Å². The third-order valence-electron chi connectivity index (χ3n) is 6.51. The van der Waals surface area contributed by atoms with Crippen molar-refractivity contribution in [2.75, 3.05) is 18.4 Å². The van der Waals surface area contributed by atoms with E-state index in [1.54, 1.807) is 6.07 Å². The number of anilines is 1. The van der Waals surface area contributed by atoms with Crippen molar-refractivity contribution in [1.82, 2.24) is 9.88 Å². The van der Waals surface area contributed by atoms with Crippen LogP contribution < -0.4 is 11.1 Å². The van der Waals surface area contributed by atoms with E-state index in [1.165, 1.54) is 6.42 Å². The Morgan fingerprint density at radius 1 is 1.23 bits per heavy atom. The number of rotatable bonds is 3. The number of aromatic nitrogens is 1. The van der Waals surface area contributed by atoms with Gasteiger partial charge in [-0.3, -0.25) is 9.59 Å². The Hall–Kier alpha value is -1.95. The van der Waals surface area contributed by atoms with Gasteiger partial charge in [-0.1, -0.05) is 6.07 Å². The van der Waals surface area contributed by atoms with Crippen molar-refractivity contribution in [3.8, 4) is 0 Å². The molecule has 3 N–H and O–H groups in total. The van der Waals surface area contributed by atoms with Gasteiger partial charge in [0.2, 0.25) is 11.8 Å². The summed E-state index contributed by atoms with van der Waals surface area (Å²) in [7, 11) is 0. The van der Waals surface area contributed by atoms with Crippen molar-refractivity contribution in [3.05, 3.63) is 23.9 Å². The number of aryl methyl sites for hydroxylation is 1. The number of fused-ring (bicyclic) bond motifs is 2. The molecule has 4 rings (SSSR count). The minimum Gasteiger partial charge on any atom is -0.342 e. The van der Waals surface area contributed by atoms with E-state index < -0.39 is 0 Å². The molecule has 3 aliphatic rings. The van der Waals surface area contributed by atoms with E-state index in [-0.39, 0.29) is 29.7 Å². The molecule has 140 valence electrons. The minimum absolute atomic E-state index is 0.00643. The topological polar surface area (TPSA) is 88.3 Å². The fourth-order valence-corrected chi connectivity index (χ4v) is 5.15. The van der Waals surface area contributed by atoms with Crippen LogP contribution in [0.5, 0.6) is 0 Å². The van der Waals surface area contributed by atoms with Gasteiger partial charge < -0.3 is 16.0 Å². The normalized spacial score (nSPS) is 33.3. The highest BCUT2D eigenvalue weighted by molar-refractivity contribution is 5.92. The summed E-state index contributed by atoms with van der Waals surface area (Å²) in [4.78, 5) is 31.9. The first kappa shape index (κ1) is 17.5. The largest absolute Gasteiger partial charge is 0.342 e. The summed E-state index contributed by atoms with van der Waals surface area (Å²) in [5.41, 5.74) is 7.22. The highest BCUT2D eigenvalue weighted by atomic mass is 16.2. The molecule has 2 bridgehead atoms. The van der Waals surface area contributed by atoms with E-state index in [4.69, 9.17) is 5.73 Å². The maximum Gasteiger partial charge on any atom is 0.230 e. The van der Waals surface area contributed by atoms with Crippen LogP contribution in [0.25, 0.3) is 0 Å². The Kier molecular flexibility index (Phi) is 4.69. The first-order valence-corrected chi connectivity index (χ1v) is 9.82. The van der Waals surface area contributed by atoms with Gasteiger partial charge in [-0.05, 0) is 63.0 Å². The van der Waals surface area contributed by atoms with Crippen molar-refractivity contribution in [2.24, 2.45) is 29.4 Å². The third kappa shape index (κ3) is 3.22. The van der Waals surface area contributed by atoms with Crippen LogP contribution in [-0.2, 0) is 9.59 Å². The van der Waals surface area contributed by atoms with Gasteiger partial charge in [0, 0.05) is 24.8 Å². The molecule has 1 aromatic heterocycles. The van der Waals surface area contributed by atoms with Crippen LogP contribution in [0.3, 0.4) is 0 Å². The molecular formula is C20H28N4O2. The number of nitrogens with zero attached hydrogens (tertiary/aromatic N) is 2. The van der Waals surface area contributed by atoms with Crippen LogP contribution in [0.1, 0.15) is 37.8 Å². The number of nitrogens with two attached hydrogens (primary N) is 1. The summed E-state index contributed by atoms with van der Waals surface area (Å²) in [6, 6.07) is 5.58. The molecule has 5 unspecified atom stereocenters.